The molecule has 0 unspecified atom stereocenters. The monoisotopic (exact) mass is 280 g/mol. The number of hydrogen-bond acceptors (Lipinski definition) is 3. The number of rotatable bonds is 4. The normalized spacial score (nSPS) is 17.6. The van der Waals surface area contributed by atoms with Crippen molar-refractivity contribution in [3.63, 3.8) is 0 Å². The lowest BCUT2D eigenvalue weighted by Crippen LogP contribution is -2.39. The van der Waals surface area contributed by atoms with Gasteiger partial charge in [-0.1, -0.05) is 6.58 Å². The van der Waals surface area contributed by atoms with Crippen LogP contribution in [0.3, 0.4) is 0 Å². The predicted octanol–water partition coefficient (Wildman–Crippen LogP) is 3.87. The van der Waals surface area contributed by atoms with Crippen molar-refractivity contribution in [3.8, 4) is 0 Å². The molecule has 0 bridgehead atoms. The van der Waals surface area contributed by atoms with Crippen LogP contribution in [0.1, 0.15) is 18.4 Å². The summed E-state index contributed by atoms with van der Waals surface area (Å²) < 4.78 is 31.5. The van der Waals surface area contributed by atoms with Crippen LogP contribution in [0.4, 0.5) is 20.2 Å². The maximum Gasteiger partial charge on any atom is 0.251 e. The van der Waals surface area contributed by atoms with E-state index in [9.17, 15) is 8.78 Å². The maximum absolute atomic E-state index is 13.2. The molecule has 5 heteroatoms. The van der Waals surface area contributed by atoms with Crippen LogP contribution in [-0.2, 0) is 4.74 Å². The molecule has 0 aliphatic carbocycles. The van der Waals surface area contributed by atoms with Crippen molar-refractivity contribution in [1.82, 2.24) is 0 Å². The Morgan fingerprint density at radius 2 is 2.00 bits per heavy atom. The van der Waals surface area contributed by atoms with Gasteiger partial charge < -0.3 is 9.64 Å². The molecule has 1 fully saturated rings. The van der Waals surface area contributed by atoms with Gasteiger partial charge in [0.15, 0.2) is 0 Å². The molecule has 0 atom stereocenters. The number of methoxy groups -OCH3 is 1. The van der Waals surface area contributed by atoms with Gasteiger partial charge in [-0.25, -0.2) is 8.78 Å². The maximum atomic E-state index is 13.2. The van der Waals surface area contributed by atoms with Gasteiger partial charge in [0.25, 0.3) is 5.92 Å². The zero-order valence-electron chi connectivity index (χ0n) is 11.5. The van der Waals surface area contributed by atoms with Gasteiger partial charge in [-0.05, 0) is 24.9 Å². The summed E-state index contributed by atoms with van der Waals surface area (Å²) in [6.45, 7) is 8.00. The lowest BCUT2D eigenvalue weighted by atomic mass is 10.0. The molecular formula is C15H18F2N2O. The molecule has 1 aliphatic heterocycles. The van der Waals surface area contributed by atoms with E-state index in [2.05, 4.69) is 18.3 Å². The van der Waals surface area contributed by atoms with Crippen LogP contribution in [0.15, 0.2) is 29.8 Å². The number of alkyl halides is 2. The minimum atomic E-state index is -2.54. The van der Waals surface area contributed by atoms with Crippen molar-refractivity contribution in [2.75, 3.05) is 25.1 Å². The smallest absolute Gasteiger partial charge is 0.251 e. The van der Waals surface area contributed by atoms with Gasteiger partial charge in [-0.15, -0.1) is 0 Å². The highest BCUT2D eigenvalue weighted by molar-refractivity contribution is 5.74. The molecule has 0 spiro atoms. The van der Waals surface area contributed by atoms with Crippen molar-refractivity contribution in [2.45, 2.75) is 18.8 Å². The summed E-state index contributed by atoms with van der Waals surface area (Å²) in [5, 5.41) is 0. The fourth-order valence-corrected chi connectivity index (χ4v) is 2.28. The Morgan fingerprint density at radius 3 is 2.55 bits per heavy atom. The fourth-order valence-electron chi connectivity index (χ4n) is 2.28. The largest absolute Gasteiger partial charge is 0.497 e. The third-order valence-corrected chi connectivity index (χ3v) is 3.56. The molecule has 0 amide bonds. The predicted molar refractivity (Wildman–Crippen MR) is 78.1 cm³/mol. The van der Waals surface area contributed by atoms with E-state index in [0.717, 1.165) is 11.3 Å². The quantitative estimate of drug-likeness (QED) is 0.618. The lowest BCUT2D eigenvalue weighted by molar-refractivity contribution is -0.0220. The molecule has 1 saturated heterocycles. The SMILES string of the molecule is C=Nc1ccc(N2CCC(F)(F)CC2)cc1C(=C)OC. The van der Waals surface area contributed by atoms with Crippen molar-refractivity contribution >= 4 is 23.9 Å². The third-order valence-electron chi connectivity index (χ3n) is 3.56. The van der Waals surface area contributed by atoms with Gasteiger partial charge in [-0.2, -0.15) is 0 Å². The van der Waals surface area contributed by atoms with Gasteiger partial charge in [0, 0.05) is 37.2 Å². The molecule has 1 aliphatic rings. The Labute approximate surface area is 117 Å². The molecule has 2 rings (SSSR count). The number of benzene rings is 1. The average Bonchev–Trinajstić information content (AvgIpc) is 2.45. The zero-order chi connectivity index (χ0) is 14.8. The first-order valence-electron chi connectivity index (χ1n) is 6.43. The second kappa shape index (κ2) is 5.61. The van der Waals surface area contributed by atoms with Crippen LogP contribution in [0, 0.1) is 0 Å². The molecule has 0 N–H and O–H groups in total. The highest BCUT2D eigenvalue weighted by Crippen LogP contribution is 2.34. The standard InChI is InChI=1S/C15H18F2N2O/c1-11(20-3)13-10-12(4-5-14(13)18-2)19-8-6-15(16,17)7-9-19/h4-5,10H,1-2,6-9H2,3H3. The first-order valence-corrected chi connectivity index (χ1v) is 6.43. The minimum absolute atomic E-state index is 0.116. The summed E-state index contributed by atoms with van der Waals surface area (Å²) in [7, 11) is 1.53. The Balaban J connectivity index is 2.25. The Hall–Kier alpha value is -1.91. The van der Waals surface area contributed by atoms with Crippen LogP contribution < -0.4 is 4.90 Å². The van der Waals surface area contributed by atoms with Crippen molar-refractivity contribution in [2.24, 2.45) is 4.99 Å². The highest BCUT2D eigenvalue weighted by Gasteiger charge is 2.34. The van der Waals surface area contributed by atoms with Crippen LogP contribution in [0.25, 0.3) is 5.76 Å². The van der Waals surface area contributed by atoms with Crippen molar-refractivity contribution < 1.29 is 13.5 Å². The summed E-state index contributed by atoms with van der Waals surface area (Å²) >= 11 is 0. The van der Waals surface area contributed by atoms with E-state index in [1.807, 2.05) is 17.0 Å². The van der Waals surface area contributed by atoms with Crippen LogP contribution in [-0.4, -0.2) is 32.8 Å². The zero-order valence-corrected chi connectivity index (χ0v) is 11.5. The fraction of sp³-hybridized carbons (Fsp3) is 0.400. The van der Waals surface area contributed by atoms with E-state index in [-0.39, 0.29) is 12.8 Å². The summed E-state index contributed by atoms with van der Waals surface area (Å²) in [6, 6.07) is 5.52. The topological polar surface area (TPSA) is 24.8 Å². The lowest BCUT2D eigenvalue weighted by Gasteiger charge is -2.33. The number of anilines is 1. The molecule has 3 nitrogen and oxygen atoms in total. The molecule has 0 radical (unpaired) electrons. The molecule has 0 aromatic heterocycles. The van der Waals surface area contributed by atoms with E-state index in [1.165, 1.54) is 7.11 Å². The van der Waals surface area contributed by atoms with E-state index in [0.29, 0.717) is 24.5 Å². The molecule has 1 aromatic rings. The Bertz CT molecular complexity index is 519. The third kappa shape index (κ3) is 2.98. The van der Waals surface area contributed by atoms with E-state index < -0.39 is 5.92 Å². The Morgan fingerprint density at radius 1 is 1.35 bits per heavy atom. The number of halogens is 2. The molecule has 1 aromatic carbocycles. The summed E-state index contributed by atoms with van der Waals surface area (Å²) in [4.78, 5) is 5.86. The number of aliphatic imine (C=N–C) groups is 1. The van der Waals surface area contributed by atoms with Gasteiger partial charge in [0.2, 0.25) is 0 Å². The van der Waals surface area contributed by atoms with Crippen LogP contribution in [0.5, 0.6) is 0 Å². The van der Waals surface area contributed by atoms with Crippen LogP contribution >= 0.6 is 0 Å². The molecule has 1 heterocycles. The number of piperidine rings is 1. The van der Waals surface area contributed by atoms with Gasteiger partial charge >= 0.3 is 0 Å². The minimum Gasteiger partial charge on any atom is -0.497 e. The molecule has 108 valence electrons. The second-order valence-corrected chi connectivity index (χ2v) is 4.83. The molecule has 20 heavy (non-hydrogen) atoms. The highest BCUT2D eigenvalue weighted by atomic mass is 19.3. The number of nitrogens with zero attached hydrogens (tertiary/aromatic N) is 2. The number of ether oxygens (including phenoxy) is 1. The van der Waals surface area contributed by atoms with E-state index in [4.69, 9.17) is 4.74 Å². The van der Waals surface area contributed by atoms with Crippen molar-refractivity contribution in [3.05, 3.63) is 30.3 Å². The molecular weight excluding hydrogens is 262 g/mol. The van der Waals surface area contributed by atoms with Gasteiger partial charge in [-0.3, -0.25) is 4.99 Å². The average molecular weight is 280 g/mol. The summed E-state index contributed by atoms with van der Waals surface area (Å²) in [5.74, 6) is -2.06. The first-order chi connectivity index (χ1) is 9.46. The number of hydrogen-bond donors (Lipinski definition) is 0. The van der Waals surface area contributed by atoms with E-state index in [1.54, 1.807) is 6.07 Å². The first kappa shape index (κ1) is 14.5. The second-order valence-electron chi connectivity index (χ2n) is 4.83. The molecule has 0 saturated carbocycles. The van der Waals surface area contributed by atoms with Gasteiger partial charge in [0.1, 0.15) is 5.76 Å². The summed E-state index contributed by atoms with van der Waals surface area (Å²) in [5.41, 5.74) is 2.28. The Kier molecular flexibility index (Phi) is 4.06. The van der Waals surface area contributed by atoms with Crippen molar-refractivity contribution in [1.29, 1.82) is 0 Å². The van der Waals surface area contributed by atoms with Gasteiger partial charge in [0.05, 0.1) is 12.8 Å². The van der Waals surface area contributed by atoms with Crippen LogP contribution in [0.2, 0.25) is 0 Å². The van der Waals surface area contributed by atoms with E-state index >= 15 is 0 Å². The summed E-state index contributed by atoms with van der Waals surface area (Å²) in [6.07, 6.45) is -0.232.